The van der Waals surface area contributed by atoms with E-state index in [0.29, 0.717) is 0 Å². The van der Waals surface area contributed by atoms with E-state index in [1.807, 2.05) is 11.3 Å². The molecule has 19 heavy (non-hydrogen) atoms. The van der Waals surface area contributed by atoms with E-state index in [0.717, 1.165) is 44.6 Å². The van der Waals surface area contributed by atoms with Crippen LogP contribution in [0.4, 0.5) is 0 Å². The zero-order valence-electron chi connectivity index (χ0n) is 11.8. The summed E-state index contributed by atoms with van der Waals surface area (Å²) in [4.78, 5) is 8.45. The third-order valence-corrected chi connectivity index (χ3v) is 5.60. The van der Waals surface area contributed by atoms with Gasteiger partial charge in [0.15, 0.2) is 0 Å². The van der Waals surface area contributed by atoms with Crippen LogP contribution in [0.25, 0.3) is 0 Å². The third-order valence-electron chi connectivity index (χ3n) is 4.48. The Labute approximate surface area is 120 Å². The van der Waals surface area contributed by atoms with Gasteiger partial charge in [-0.3, -0.25) is 4.90 Å². The minimum atomic E-state index is 0.759. The molecule has 2 fully saturated rings. The molecule has 1 saturated heterocycles. The first-order valence-electron chi connectivity index (χ1n) is 7.59. The summed E-state index contributed by atoms with van der Waals surface area (Å²) in [6.45, 7) is 7.39. The van der Waals surface area contributed by atoms with Crippen LogP contribution in [-0.4, -0.2) is 36.2 Å². The van der Waals surface area contributed by atoms with Gasteiger partial charge in [0.25, 0.3) is 0 Å². The van der Waals surface area contributed by atoms with Crippen LogP contribution in [-0.2, 0) is 17.7 Å². The van der Waals surface area contributed by atoms with Gasteiger partial charge in [-0.2, -0.15) is 0 Å². The lowest BCUT2D eigenvalue weighted by molar-refractivity contribution is 0.0770. The average Bonchev–Trinajstić information content (AvgIpc) is 2.68. The van der Waals surface area contributed by atoms with Gasteiger partial charge < -0.3 is 4.74 Å². The second-order valence-corrected chi connectivity index (χ2v) is 7.03. The summed E-state index contributed by atoms with van der Waals surface area (Å²) in [7, 11) is 0. The molecule has 1 saturated carbocycles. The Kier molecular flexibility index (Phi) is 4.51. The second kappa shape index (κ2) is 6.33. The minimum Gasteiger partial charge on any atom is -0.380 e. The summed E-state index contributed by atoms with van der Waals surface area (Å²) >= 11 is 1.87. The van der Waals surface area contributed by atoms with Crippen LogP contribution in [0.1, 0.15) is 36.1 Å². The highest BCUT2D eigenvalue weighted by Crippen LogP contribution is 2.35. The fourth-order valence-corrected chi connectivity index (χ4v) is 3.95. The fourth-order valence-electron chi connectivity index (χ4n) is 3.05. The molecule has 0 radical (unpaired) electrons. The number of rotatable bonds is 4. The van der Waals surface area contributed by atoms with E-state index in [4.69, 9.17) is 4.74 Å². The molecule has 106 valence electrons. The molecule has 1 aliphatic heterocycles. The highest BCUT2D eigenvalue weighted by molar-refractivity contribution is 7.11. The number of aromatic nitrogens is 1. The normalized spacial score (nSPS) is 26.1. The van der Waals surface area contributed by atoms with E-state index in [1.165, 1.54) is 35.7 Å². The maximum absolute atomic E-state index is 5.80. The summed E-state index contributed by atoms with van der Waals surface area (Å²) in [6.07, 6.45) is 7.38. The molecule has 1 unspecified atom stereocenters. The van der Waals surface area contributed by atoms with Crippen molar-refractivity contribution in [3.05, 3.63) is 16.1 Å². The molecule has 1 aromatic heterocycles. The van der Waals surface area contributed by atoms with Crippen molar-refractivity contribution in [1.82, 2.24) is 9.88 Å². The molecule has 4 heteroatoms. The number of nitrogens with zero attached hydrogens (tertiary/aromatic N) is 2. The van der Waals surface area contributed by atoms with Gasteiger partial charge in [0, 0.05) is 30.7 Å². The maximum Gasteiger partial charge on any atom is 0.0925 e. The van der Waals surface area contributed by atoms with Gasteiger partial charge in [0.05, 0.1) is 18.2 Å². The van der Waals surface area contributed by atoms with Crippen molar-refractivity contribution in [3.8, 4) is 0 Å². The quantitative estimate of drug-likeness (QED) is 0.848. The first-order chi connectivity index (χ1) is 9.35. The third kappa shape index (κ3) is 3.36. The molecule has 3 nitrogen and oxygen atoms in total. The van der Waals surface area contributed by atoms with Crippen LogP contribution >= 0.6 is 11.3 Å². The van der Waals surface area contributed by atoms with Gasteiger partial charge in [-0.1, -0.05) is 26.2 Å². The number of thiazole rings is 1. The molecule has 1 aromatic rings. The molecule has 1 aliphatic carbocycles. The molecule has 0 bridgehead atoms. The van der Waals surface area contributed by atoms with E-state index in [9.17, 15) is 0 Å². The molecule has 2 heterocycles. The Bertz CT molecular complexity index is 403. The van der Waals surface area contributed by atoms with Gasteiger partial charge in [-0.25, -0.2) is 4.98 Å². The zero-order chi connectivity index (χ0) is 13.1. The van der Waals surface area contributed by atoms with Crippen molar-refractivity contribution >= 4 is 11.3 Å². The summed E-state index contributed by atoms with van der Waals surface area (Å²) in [5, 5.41) is 1.26. The van der Waals surface area contributed by atoms with Crippen molar-refractivity contribution in [2.24, 2.45) is 11.8 Å². The molecule has 0 spiro atoms. The lowest BCUT2D eigenvalue weighted by Crippen LogP contribution is -2.35. The van der Waals surface area contributed by atoms with Gasteiger partial charge in [0.1, 0.15) is 0 Å². The van der Waals surface area contributed by atoms with E-state index >= 15 is 0 Å². The van der Waals surface area contributed by atoms with Crippen LogP contribution in [0, 0.1) is 11.8 Å². The fraction of sp³-hybridized carbons (Fsp3) is 0.800. The van der Waals surface area contributed by atoms with Gasteiger partial charge in [0.2, 0.25) is 0 Å². The van der Waals surface area contributed by atoms with Crippen LogP contribution in [0.2, 0.25) is 0 Å². The van der Waals surface area contributed by atoms with Crippen LogP contribution < -0.4 is 0 Å². The molecule has 0 aromatic carbocycles. The van der Waals surface area contributed by atoms with E-state index in [1.54, 1.807) is 0 Å². The molecular formula is C15H24N2OS. The molecule has 3 rings (SSSR count). The molecule has 1 atom stereocenters. The summed E-state index contributed by atoms with van der Waals surface area (Å²) < 4.78 is 5.80. The first-order valence-corrected chi connectivity index (χ1v) is 8.40. The zero-order valence-corrected chi connectivity index (χ0v) is 12.6. The summed E-state index contributed by atoms with van der Waals surface area (Å²) in [5.74, 6) is 1.68. The Morgan fingerprint density at radius 2 is 2.32 bits per heavy atom. The average molecular weight is 280 g/mol. The Morgan fingerprint density at radius 3 is 3.00 bits per heavy atom. The first kappa shape index (κ1) is 13.5. The minimum absolute atomic E-state index is 0.759. The van der Waals surface area contributed by atoms with Crippen LogP contribution in [0.5, 0.6) is 0 Å². The Morgan fingerprint density at radius 1 is 1.42 bits per heavy atom. The molecular weight excluding hydrogens is 256 g/mol. The smallest absolute Gasteiger partial charge is 0.0925 e. The second-order valence-electron chi connectivity index (χ2n) is 5.83. The Hall–Kier alpha value is -0.450. The van der Waals surface area contributed by atoms with Crippen molar-refractivity contribution in [2.45, 2.75) is 39.2 Å². The highest BCUT2D eigenvalue weighted by atomic mass is 32.1. The van der Waals surface area contributed by atoms with Crippen molar-refractivity contribution in [2.75, 3.05) is 26.3 Å². The molecule has 0 amide bonds. The van der Waals surface area contributed by atoms with Gasteiger partial charge in [-0.15, -0.1) is 11.3 Å². The Balaban J connectivity index is 1.58. The van der Waals surface area contributed by atoms with E-state index < -0.39 is 0 Å². The maximum atomic E-state index is 5.80. The van der Waals surface area contributed by atoms with Gasteiger partial charge in [-0.05, 0) is 18.3 Å². The number of hydrogen-bond donors (Lipinski definition) is 0. The number of hydrogen-bond acceptors (Lipinski definition) is 4. The monoisotopic (exact) mass is 280 g/mol. The predicted octanol–water partition coefficient (Wildman–Crippen LogP) is 2.95. The van der Waals surface area contributed by atoms with E-state index in [-0.39, 0.29) is 0 Å². The van der Waals surface area contributed by atoms with Crippen molar-refractivity contribution < 1.29 is 4.74 Å². The predicted molar refractivity (Wildman–Crippen MR) is 78.4 cm³/mol. The largest absolute Gasteiger partial charge is 0.380 e. The topological polar surface area (TPSA) is 25.4 Å². The van der Waals surface area contributed by atoms with Crippen LogP contribution in [0.3, 0.4) is 0 Å². The number of ether oxygens (including phenoxy) is 1. The van der Waals surface area contributed by atoms with Gasteiger partial charge >= 0.3 is 0 Å². The lowest BCUT2D eigenvalue weighted by atomic mass is 9.76. The SMILES string of the molecule is CCc1ncc(CN2CCOCC(C3CCC3)C2)s1. The summed E-state index contributed by atoms with van der Waals surface area (Å²) in [6, 6.07) is 0. The molecule has 2 aliphatic rings. The highest BCUT2D eigenvalue weighted by Gasteiger charge is 2.30. The van der Waals surface area contributed by atoms with Crippen molar-refractivity contribution in [3.63, 3.8) is 0 Å². The van der Waals surface area contributed by atoms with Crippen LogP contribution in [0.15, 0.2) is 6.20 Å². The number of aryl methyl sites for hydroxylation is 1. The lowest BCUT2D eigenvalue weighted by Gasteiger charge is -2.34. The molecule has 0 N–H and O–H groups in total. The summed E-state index contributed by atoms with van der Waals surface area (Å²) in [5.41, 5.74) is 0. The van der Waals surface area contributed by atoms with E-state index in [2.05, 4.69) is 23.0 Å². The van der Waals surface area contributed by atoms with Crippen molar-refractivity contribution in [1.29, 1.82) is 0 Å². The standard InChI is InChI=1S/C15H24N2OS/c1-2-15-16-8-14(19-15)10-17-6-7-18-11-13(9-17)12-4-3-5-12/h8,12-13H,2-7,9-11H2,1H3.